The van der Waals surface area contributed by atoms with E-state index in [-0.39, 0.29) is 12.5 Å². The molecule has 2 aromatic rings. The molecule has 2 amide bonds. The highest BCUT2D eigenvalue weighted by molar-refractivity contribution is 6.19. The van der Waals surface area contributed by atoms with Crippen LogP contribution >= 0.6 is 11.6 Å². The van der Waals surface area contributed by atoms with Crippen molar-refractivity contribution in [1.82, 2.24) is 10.2 Å². The summed E-state index contributed by atoms with van der Waals surface area (Å²) in [6.07, 6.45) is 5.68. The molecule has 0 aliphatic carbocycles. The summed E-state index contributed by atoms with van der Waals surface area (Å²) in [6.45, 7) is 3.32. The zero-order valence-corrected chi connectivity index (χ0v) is 24.8. The minimum Gasteiger partial charge on any atom is -0.448 e. The molecule has 10 heteroatoms. The largest absolute Gasteiger partial charge is 0.448 e. The van der Waals surface area contributed by atoms with Crippen molar-refractivity contribution >= 4 is 41.2 Å². The van der Waals surface area contributed by atoms with Crippen LogP contribution in [0, 0.1) is 0 Å². The van der Waals surface area contributed by atoms with Gasteiger partial charge in [0, 0.05) is 44.4 Å². The first-order valence-corrected chi connectivity index (χ1v) is 14.6. The number of rotatable bonds is 18. The Bertz CT molecular complexity index is 1140. The Balaban J connectivity index is 1.30. The van der Waals surface area contributed by atoms with Gasteiger partial charge in [-0.1, -0.05) is 55.3 Å². The summed E-state index contributed by atoms with van der Waals surface area (Å²) in [6, 6.07) is 17.4. The Hall–Kier alpha value is -3.40. The van der Waals surface area contributed by atoms with E-state index in [2.05, 4.69) is 10.3 Å². The smallest absolute Gasteiger partial charge is 0.407 e. The maximum absolute atomic E-state index is 12.7. The third-order valence-electron chi connectivity index (χ3n) is 6.46. The number of hydrogen-bond donors (Lipinski definition) is 1. The first-order valence-electron chi connectivity index (χ1n) is 14.1. The number of hydrogen-bond acceptors (Lipinski definition) is 7. The van der Waals surface area contributed by atoms with Crippen LogP contribution in [0.1, 0.15) is 36.8 Å². The normalized spacial score (nSPS) is 13.9. The number of likely N-dealkylation sites (N-methyl/N-ethyl adjacent to an activating group) is 2. The number of amidine groups is 1. The van der Waals surface area contributed by atoms with Crippen LogP contribution in [0.4, 0.5) is 10.5 Å². The van der Waals surface area contributed by atoms with E-state index in [1.54, 1.807) is 18.0 Å². The van der Waals surface area contributed by atoms with Crippen molar-refractivity contribution in [2.75, 3.05) is 71.0 Å². The van der Waals surface area contributed by atoms with Crippen LogP contribution in [0.25, 0.3) is 6.08 Å². The SMILES string of the molecule is CN1C(=O)/C(=C/c2ccc(N(C)CCOC(=O)NCCOCCOCCCCCCCl)cc2)N=C1c1ccccc1. The van der Waals surface area contributed by atoms with Gasteiger partial charge in [0.25, 0.3) is 5.91 Å². The minimum absolute atomic E-state index is 0.138. The van der Waals surface area contributed by atoms with Gasteiger partial charge in [0.1, 0.15) is 18.1 Å². The van der Waals surface area contributed by atoms with Crippen LogP contribution in [0.2, 0.25) is 0 Å². The predicted octanol–water partition coefficient (Wildman–Crippen LogP) is 4.94. The molecule has 0 radical (unpaired) electrons. The molecule has 0 saturated carbocycles. The van der Waals surface area contributed by atoms with Crippen LogP contribution in [0.3, 0.4) is 0 Å². The predicted molar refractivity (Wildman–Crippen MR) is 164 cm³/mol. The number of ether oxygens (including phenoxy) is 3. The summed E-state index contributed by atoms with van der Waals surface area (Å²) in [5, 5.41) is 2.68. The van der Waals surface area contributed by atoms with Gasteiger partial charge < -0.3 is 24.4 Å². The van der Waals surface area contributed by atoms with E-state index in [0.717, 1.165) is 55.0 Å². The van der Waals surface area contributed by atoms with Crippen LogP contribution in [-0.2, 0) is 19.0 Å². The molecule has 1 N–H and O–H groups in total. The number of nitrogens with one attached hydrogen (secondary N) is 1. The van der Waals surface area contributed by atoms with E-state index in [0.29, 0.717) is 44.4 Å². The van der Waals surface area contributed by atoms with Gasteiger partial charge in [-0.25, -0.2) is 9.79 Å². The number of nitrogens with zero attached hydrogens (tertiary/aromatic N) is 3. The minimum atomic E-state index is -0.473. The lowest BCUT2D eigenvalue weighted by Crippen LogP contribution is -2.31. The molecule has 2 aromatic carbocycles. The average Bonchev–Trinajstić information content (AvgIpc) is 3.27. The molecule has 0 unspecified atom stereocenters. The van der Waals surface area contributed by atoms with Crippen LogP contribution in [0.15, 0.2) is 65.3 Å². The molecule has 1 aliphatic heterocycles. The third kappa shape index (κ3) is 11.2. The summed E-state index contributed by atoms with van der Waals surface area (Å²) in [5.41, 5.74) is 3.13. The Morgan fingerprint density at radius 2 is 1.66 bits per heavy atom. The van der Waals surface area contributed by atoms with Crippen molar-refractivity contribution in [1.29, 1.82) is 0 Å². The third-order valence-corrected chi connectivity index (χ3v) is 6.72. The number of benzene rings is 2. The highest BCUT2D eigenvalue weighted by Crippen LogP contribution is 2.22. The second kappa shape index (κ2) is 18.1. The zero-order chi connectivity index (χ0) is 29.3. The molecule has 1 aliphatic rings. The van der Waals surface area contributed by atoms with Gasteiger partial charge in [-0.2, -0.15) is 0 Å². The fourth-order valence-corrected chi connectivity index (χ4v) is 4.27. The highest BCUT2D eigenvalue weighted by atomic mass is 35.5. The number of aliphatic imine (C=N–C) groups is 1. The number of anilines is 1. The quantitative estimate of drug-likeness (QED) is 0.152. The molecule has 41 heavy (non-hydrogen) atoms. The summed E-state index contributed by atoms with van der Waals surface area (Å²) in [4.78, 5) is 32.7. The Morgan fingerprint density at radius 1 is 0.951 bits per heavy atom. The van der Waals surface area contributed by atoms with Gasteiger partial charge in [0.2, 0.25) is 0 Å². The van der Waals surface area contributed by atoms with Gasteiger partial charge >= 0.3 is 6.09 Å². The lowest BCUT2D eigenvalue weighted by molar-refractivity contribution is -0.121. The van der Waals surface area contributed by atoms with Crippen LogP contribution in [-0.4, -0.2) is 88.8 Å². The summed E-state index contributed by atoms with van der Waals surface area (Å²) < 4.78 is 16.3. The monoisotopic (exact) mass is 584 g/mol. The second-order valence-corrected chi connectivity index (χ2v) is 9.98. The number of halogens is 1. The van der Waals surface area contributed by atoms with Gasteiger partial charge in [0.05, 0.1) is 26.4 Å². The molecule has 1 heterocycles. The standard InChI is InChI=1S/C31H41ClN4O5/c1-35(18-21-41-31(38)33-17-20-40-23-22-39-19-9-4-3-8-16-32)27-14-12-25(13-15-27)24-28-30(37)36(2)29(34-28)26-10-6-5-7-11-26/h5-7,10-15,24H,3-4,8-9,16-23H2,1-2H3,(H,33,38)/b28-24-. The molecule has 0 saturated heterocycles. The molecule has 0 atom stereocenters. The van der Waals surface area contributed by atoms with Crippen molar-refractivity contribution in [3.05, 3.63) is 71.4 Å². The Kier molecular flexibility index (Phi) is 14.2. The number of alkyl carbamates (subject to hydrolysis) is 1. The van der Waals surface area contributed by atoms with E-state index >= 15 is 0 Å². The van der Waals surface area contributed by atoms with Gasteiger partial charge in [-0.3, -0.25) is 9.69 Å². The summed E-state index contributed by atoms with van der Waals surface area (Å²) >= 11 is 5.65. The maximum Gasteiger partial charge on any atom is 0.407 e. The van der Waals surface area contributed by atoms with Crippen molar-refractivity contribution in [3.8, 4) is 0 Å². The molecule has 3 rings (SSSR count). The molecule has 0 fully saturated rings. The number of carbonyl (C=O) groups is 2. The van der Waals surface area contributed by atoms with Crippen LogP contribution < -0.4 is 10.2 Å². The van der Waals surface area contributed by atoms with Gasteiger partial charge in [0.15, 0.2) is 0 Å². The average molecular weight is 585 g/mol. The van der Waals surface area contributed by atoms with E-state index in [4.69, 9.17) is 25.8 Å². The maximum atomic E-state index is 12.7. The Labute approximate surface area is 248 Å². The summed E-state index contributed by atoms with van der Waals surface area (Å²) in [5.74, 6) is 1.22. The number of alkyl halides is 1. The van der Waals surface area contributed by atoms with Gasteiger partial charge in [-0.15, -0.1) is 11.6 Å². The topological polar surface area (TPSA) is 92.7 Å². The zero-order valence-electron chi connectivity index (χ0n) is 24.0. The molecule has 0 aromatic heterocycles. The lowest BCUT2D eigenvalue weighted by atomic mass is 10.1. The molecule has 222 valence electrons. The number of carbonyl (C=O) groups excluding carboxylic acids is 2. The lowest BCUT2D eigenvalue weighted by Gasteiger charge is -2.19. The fraction of sp³-hybridized carbons (Fsp3) is 0.452. The molecule has 0 bridgehead atoms. The van der Waals surface area contributed by atoms with Crippen molar-refractivity contribution < 1.29 is 23.8 Å². The van der Waals surface area contributed by atoms with Crippen molar-refractivity contribution in [2.45, 2.75) is 25.7 Å². The van der Waals surface area contributed by atoms with E-state index < -0.39 is 6.09 Å². The highest BCUT2D eigenvalue weighted by Gasteiger charge is 2.27. The number of unbranched alkanes of at least 4 members (excludes halogenated alkanes) is 3. The molecule has 0 spiro atoms. The molecular weight excluding hydrogens is 544 g/mol. The summed E-state index contributed by atoms with van der Waals surface area (Å²) in [7, 11) is 3.66. The first kappa shape index (κ1) is 32.1. The molecule has 9 nitrogen and oxygen atoms in total. The fourth-order valence-electron chi connectivity index (χ4n) is 4.08. The van der Waals surface area contributed by atoms with E-state index in [1.807, 2.05) is 66.5 Å². The van der Waals surface area contributed by atoms with Gasteiger partial charge in [-0.05, 0) is 36.6 Å². The van der Waals surface area contributed by atoms with E-state index in [9.17, 15) is 9.59 Å². The first-order chi connectivity index (χ1) is 20.0. The van der Waals surface area contributed by atoms with Crippen molar-refractivity contribution in [3.63, 3.8) is 0 Å². The second-order valence-electron chi connectivity index (χ2n) is 9.60. The Morgan fingerprint density at radius 3 is 2.39 bits per heavy atom. The van der Waals surface area contributed by atoms with Crippen molar-refractivity contribution in [2.24, 2.45) is 4.99 Å². The molecular formula is C31H41ClN4O5. The number of amides is 2. The van der Waals surface area contributed by atoms with Crippen LogP contribution in [0.5, 0.6) is 0 Å². The van der Waals surface area contributed by atoms with E-state index in [1.165, 1.54) is 0 Å².